The molecule has 0 aromatic carbocycles. The van der Waals surface area contributed by atoms with Gasteiger partial charge >= 0.3 is 0 Å². The van der Waals surface area contributed by atoms with Gasteiger partial charge in [0.1, 0.15) is 0 Å². The molecule has 0 spiro atoms. The van der Waals surface area contributed by atoms with Gasteiger partial charge in [-0.15, -0.1) is 0 Å². The van der Waals surface area contributed by atoms with Crippen molar-refractivity contribution in [3.8, 4) is 0 Å². The minimum absolute atomic E-state index is 0. The van der Waals surface area contributed by atoms with Crippen LogP contribution in [0.5, 0.6) is 0 Å². The molecule has 1 heteroatoms. The maximum absolute atomic E-state index is 9.06. The molecule has 4 unspecified atom stereocenters. The molecule has 2 bridgehead atoms. The number of hydrogen-bond donors (Lipinski definition) is 1. The van der Waals surface area contributed by atoms with Crippen LogP contribution < -0.4 is 0 Å². The van der Waals surface area contributed by atoms with Crippen LogP contribution in [0.2, 0.25) is 0 Å². The zero-order valence-corrected chi connectivity index (χ0v) is 6.59. The minimum atomic E-state index is 0. The second kappa shape index (κ2) is 2.23. The van der Waals surface area contributed by atoms with Gasteiger partial charge in [-0.2, -0.15) is 0 Å². The Hall–Kier alpha value is -0.0400. The lowest BCUT2D eigenvalue weighted by atomic mass is 9.81. The molecule has 0 aliphatic heterocycles. The summed E-state index contributed by atoms with van der Waals surface area (Å²) in [5, 5.41) is 9.06. The molecule has 0 saturated heterocycles. The molecule has 2 saturated carbocycles. The smallest absolute Gasteiger partial charge is 0.0464 e. The van der Waals surface area contributed by atoms with Gasteiger partial charge in [-0.1, -0.05) is 6.92 Å². The molecule has 2 rings (SSSR count). The quantitative estimate of drug-likeness (QED) is 0.593. The molecule has 60 valence electrons. The van der Waals surface area contributed by atoms with Crippen molar-refractivity contribution in [2.24, 2.45) is 23.7 Å². The van der Waals surface area contributed by atoms with Gasteiger partial charge in [0.15, 0.2) is 0 Å². The number of aliphatic hydroxyl groups excluding tert-OH is 1. The summed E-state index contributed by atoms with van der Waals surface area (Å²) < 4.78 is 0. The lowest BCUT2D eigenvalue weighted by Crippen LogP contribution is -2.22. The highest BCUT2D eigenvalue weighted by molar-refractivity contribution is 4.93. The first-order valence-electron chi connectivity index (χ1n) is 4.43. The van der Waals surface area contributed by atoms with E-state index in [4.69, 9.17) is 5.11 Å². The number of rotatable bonds is 1. The lowest BCUT2D eigenvalue weighted by Gasteiger charge is -2.25. The summed E-state index contributed by atoms with van der Waals surface area (Å²) in [5.41, 5.74) is 0. The first-order valence-corrected chi connectivity index (χ1v) is 4.43. The SMILES string of the molecule is CC1C2CCC(C2)C1CO.[HH]. The van der Waals surface area contributed by atoms with Gasteiger partial charge in [-0.25, -0.2) is 0 Å². The highest BCUT2D eigenvalue weighted by atomic mass is 16.3. The van der Waals surface area contributed by atoms with Crippen LogP contribution in [0, 0.1) is 23.7 Å². The van der Waals surface area contributed by atoms with E-state index >= 15 is 0 Å². The molecule has 0 radical (unpaired) electrons. The minimum Gasteiger partial charge on any atom is -0.396 e. The average molecular weight is 142 g/mol. The highest BCUT2D eigenvalue weighted by Crippen LogP contribution is 2.51. The summed E-state index contributed by atoms with van der Waals surface area (Å²) in [6, 6.07) is 0. The lowest BCUT2D eigenvalue weighted by molar-refractivity contribution is 0.134. The summed E-state index contributed by atoms with van der Waals surface area (Å²) in [6.45, 7) is 2.74. The normalized spacial score (nSPS) is 52.2. The summed E-state index contributed by atoms with van der Waals surface area (Å²) in [4.78, 5) is 0. The van der Waals surface area contributed by atoms with Gasteiger partial charge in [-0.3, -0.25) is 0 Å². The fourth-order valence-electron chi connectivity index (χ4n) is 3.01. The van der Waals surface area contributed by atoms with E-state index in [0.717, 1.165) is 17.8 Å². The Kier molecular flexibility index (Phi) is 1.48. The van der Waals surface area contributed by atoms with Crippen molar-refractivity contribution in [2.45, 2.75) is 26.2 Å². The molecular formula is C9H18O. The Morgan fingerprint density at radius 2 is 2.10 bits per heavy atom. The second-order valence-electron chi connectivity index (χ2n) is 4.04. The van der Waals surface area contributed by atoms with Crippen LogP contribution in [-0.2, 0) is 0 Å². The van der Waals surface area contributed by atoms with Crippen molar-refractivity contribution < 1.29 is 6.53 Å². The van der Waals surface area contributed by atoms with Gasteiger partial charge in [-0.05, 0) is 42.9 Å². The third-order valence-corrected chi connectivity index (χ3v) is 3.75. The number of fused-ring (bicyclic) bond motifs is 2. The van der Waals surface area contributed by atoms with Gasteiger partial charge in [0.05, 0.1) is 0 Å². The van der Waals surface area contributed by atoms with E-state index in [1.165, 1.54) is 19.3 Å². The van der Waals surface area contributed by atoms with E-state index in [2.05, 4.69) is 6.92 Å². The maximum atomic E-state index is 9.06. The average Bonchev–Trinajstić information content (AvgIpc) is 2.46. The predicted octanol–water partition coefficient (Wildman–Crippen LogP) is 1.91. The molecule has 1 N–H and O–H groups in total. The van der Waals surface area contributed by atoms with E-state index < -0.39 is 0 Å². The summed E-state index contributed by atoms with van der Waals surface area (Å²) >= 11 is 0. The van der Waals surface area contributed by atoms with Gasteiger partial charge in [0.25, 0.3) is 0 Å². The van der Waals surface area contributed by atoms with Crippen LogP contribution in [0.1, 0.15) is 27.6 Å². The summed E-state index contributed by atoms with van der Waals surface area (Å²) in [7, 11) is 0. The highest BCUT2D eigenvalue weighted by Gasteiger charge is 2.44. The predicted molar refractivity (Wildman–Crippen MR) is 42.7 cm³/mol. The largest absolute Gasteiger partial charge is 0.396 e. The van der Waals surface area contributed by atoms with Crippen LogP contribution in [0.3, 0.4) is 0 Å². The Labute approximate surface area is 63.9 Å². The van der Waals surface area contributed by atoms with E-state index in [-0.39, 0.29) is 1.43 Å². The van der Waals surface area contributed by atoms with Gasteiger partial charge in [0, 0.05) is 8.03 Å². The van der Waals surface area contributed by atoms with Gasteiger partial charge in [0.2, 0.25) is 0 Å². The Bertz CT molecular complexity index is 136. The van der Waals surface area contributed by atoms with E-state index in [1.54, 1.807) is 0 Å². The number of aliphatic hydroxyl groups is 1. The third-order valence-electron chi connectivity index (χ3n) is 3.75. The third kappa shape index (κ3) is 0.731. The van der Waals surface area contributed by atoms with Crippen molar-refractivity contribution in [3.05, 3.63) is 0 Å². The van der Waals surface area contributed by atoms with E-state index in [1.807, 2.05) is 0 Å². The van der Waals surface area contributed by atoms with Crippen LogP contribution in [-0.4, -0.2) is 11.7 Å². The first kappa shape index (κ1) is 6.66. The van der Waals surface area contributed by atoms with Crippen LogP contribution >= 0.6 is 0 Å². The fourth-order valence-corrected chi connectivity index (χ4v) is 3.01. The van der Waals surface area contributed by atoms with Gasteiger partial charge < -0.3 is 5.11 Å². The molecule has 4 atom stereocenters. The molecule has 0 aromatic heterocycles. The summed E-state index contributed by atoms with van der Waals surface area (Å²) in [5.74, 6) is 3.30. The molecule has 2 aliphatic rings. The molecule has 0 amide bonds. The Balaban J connectivity index is 0.000000605. The Morgan fingerprint density at radius 3 is 2.50 bits per heavy atom. The van der Waals surface area contributed by atoms with Crippen molar-refractivity contribution in [1.82, 2.24) is 0 Å². The zero-order valence-electron chi connectivity index (χ0n) is 6.59. The monoisotopic (exact) mass is 142 g/mol. The molecule has 1 nitrogen and oxygen atoms in total. The second-order valence-corrected chi connectivity index (χ2v) is 4.04. The van der Waals surface area contributed by atoms with Crippen LogP contribution in [0.4, 0.5) is 0 Å². The summed E-state index contributed by atoms with van der Waals surface area (Å²) in [6.07, 6.45) is 4.23. The molecule has 10 heavy (non-hydrogen) atoms. The topological polar surface area (TPSA) is 20.2 Å². The number of hydrogen-bond acceptors (Lipinski definition) is 1. The molecule has 0 aromatic rings. The van der Waals surface area contributed by atoms with Crippen molar-refractivity contribution in [3.63, 3.8) is 0 Å². The first-order chi connectivity index (χ1) is 4.83. The van der Waals surface area contributed by atoms with Crippen molar-refractivity contribution in [2.75, 3.05) is 6.61 Å². The Morgan fingerprint density at radius 1 is 1.40 bits per heavy atom. The molecular weight excluding hydrogens is 124 g/mol. The van der Waals surface area contributed by atoms with Crippen molar-refractivity contribution in [1.29, 1.82) is 0 Å². The standard InChI is InChI=1S/C9H16O.H2/c1-6-7-2-3-8(4-7)9(6)5-10;/h6-10H,2-5H2,1H3;1H. The molecule has 2 fully saturated rings. The fraction of sp³-hybridized carbons (Fsp3) is 1.00. The maximum Gasteiger partial charge on any atom is 0.0464 e. The van der Waals surface area contributed by atoms with Crippen LogP contribution in [0.25, 0.3) is 0 Å². The zero-order chi connectivity index (χ0) is 7.14. The molecule has 2 aliphatic carbocycles. The van der Waals surface area contributed by atoms with Crippen LogP contribution in [0.15, 0.2) is 0 Å². The molecule has 0 heterocycles. The van der Waals surface area contributed by atoms with E-state index in [0.29, 0.717) is 12.5 Å². The van der Waals surface area contributed by atoms with E-state index in [9.17, 15) is 0 Å². The van der Waals surface area contributed by atoms with Crippen molar-refractivity contribution >= 4 is 0 Å².